The number of nitrogens with one attached hydrogen (secondary N) is 1. The van der Waals surface area contributed by atoms with Crippen molar-refractivity contribution in [1.82, 2.24) is 0 Å². The van der Waals surface area contributed by atoms with E-state index in [2.05, 4.69) is 12.2 Å². The van der Waals surface area contributed by atoms with Crippen molar-refractivity contribution < 1.29 is 4.79 Å². The van der Waals surface area contributed by atoms with Crippen LogP contribution in [0.4, 0.5) is 5.69 Å². The van der Waals surface area contributed by atoms with Crippen LogP contribution in [-0.4, -0.2) is 12.8 Å². The molecule has 0 saturated heterocycles. The number of aldehydes is 1. The molecule has 2 aromatic rings. The van der Waals surface area contributed by atoms with Crippen molar-refractivity contribution in [2.75, 3.05) is 11.9 Å². The van der Waals surface area contributed by atoms with Crippen molar-refractivity contribution >= 4 is 45.0 Å². The maximum Gasteiger partial charge on any atom is 0.160 e. The van der Waals surface area contributed by atoms with Gasteiger partial charge in [-0.2, -0.15) is 0 Å². The Balaban J connectivity index is 2.39. The van der Waals surface area contributed by atoms with Gasteiger partial charge >= 0.3 is 0 Å². The van der Waals surface area contributed by atoms with Gasteiger partial charge < -0.3 is 5.32 Å². The summed E-state index contributed by atoms with van der Waals surface area (Å²) in [5.41, 5.74) is 2.16. The van der Waals surface area contributed by atoms with Crippen LogP contribution in [0.15, 0.2) is 12.1 Å². The molecule has 88 valence electrons. The minimum Gasteiger partial charge on any atom is -0.383 e. The van der Waals surface area contributed by atoms with Crippen LogP contribution in [0.25, 0.3) is 10.1 Å². The van der Waals surface area contributed by atoms with E-state index in [1.165, 1.54) is 0 Å². The summed E-state index contributed by atoms with van der Waals surface area (Å²) in [4.78, 5) is 12.0. The quantitative estimate of drug-likeness (QED) is 0.791. The molecular weight excluding hydrogens is 254 g/mol. The first-order chi connectivity index (χ1) is 8.20. The first-order valence-corrected chi connectivity index (χ1v) is 6.83. The molecule has 0 amide bonds. The predicted molar refractivity (Wildman–Crippen MR) is 73.6 cm³/mol. The number of thiophene rings is 1. The standard InChI is InChI=1S/C13H12ClNOS/c1-7-4-8-11(6-16)17-10-3-2-9(14)13(12(8)10)15-5-7/h2-3,6-7,15H,4-5H2,1H3. The molecule has 17 heavy (non-hydrogen) atoms. The van der Waals surface area contributed by atoms with Crippen LogP contribution in [0, 0.1) is 5.92 Å². The molecular formula is C13H12ClNOS. The Kier molecular flexibility index (Phi) is 2.60. The van der Waals surface area contributed by atoms with Gasteiger partial charge in [0.1, 0.15) is 0 Å². The molecule has 1 aromatic heterocycles. The van der Waals surface area contributed by atoms with Crippen molar-refractivity contribution in [1.29, 1.82) is 0 Å². The highest BCUT2D eigenvalue weighted by molar-refractivity contribution is 7.20. The monoisotopic (exact) mass is 265 g/mol. The van der Waals surface area contributed by atoms with Crippen molar-refractivity contribution in [3.8, 4) is 0 Å². The first-order valence-electron chi connectivity index (χ1n) is 5.63. The number of anilines is 1. The van der Waals surface area contributed by atoms with E-state index in [0.29, 0.717) is 5.92 Å². The van der Waals surface area contributed by atoms with E-state index in [1.54, 1.807) is 11.3 Å². The molecule has 0 bridgehead atoms. The van der Waals surface area contributed by atoms with E-state index < -0.39 is 0 Å². The number of benzene rings is 1. The Bertz CT molecular complexity index is 605. The number of hydrogen-bond donors (Lipinski definition) is 1. The summed E-state index contributed by atoms with van der Waals surface area (Å²) in [6.07, 6.45) is 1.91. The topological polar surface area (TPSA) is 29.1 Å². The van der Waals surface area contributed by atoms with Crippen LogP contribution in [-0.2, 0) is 6.42 Å². The lowest BCUT2D eigenvalue weighted by atomic mass is 10.0. The molecule has 1 aliphatic rings. The Hall–Kier alpha value is -1.06. The molecule has 0 radical (unpaired) electrons. The van der Waals surface area contributed by atoms with Crippen LogP contribution < -0.4 is 5.32 Å². The van der Waals surface area contributed by atoms with Gasteiger partial charge in [-0.05, 0) is 30.0 Å². The zero-order valence-electron chi connectivity index (χ0n) is 9.42. The Morgan fingerprint density at radius 3 is 3.12 bits per heavy atom. The summed E-state index contributed by atoms with van der Waals surface area (Å²) in [6.45, 7) is 3.08. The van der Waals surface area contributed by atoms with Crippen LogP contribution in [0.1, 0.15) is 22.2 Å². The van der Waals surface area contributed by atoms with E-state index >= 15 is 0 Å². The van der Waals surface area contributed by atoms with Crippen LogP contribution >= 0.6 is 22.9 Å². The molecule has 0 spiro atoms. The summed E-state index contributed by atoms with van der Waals surface area (Å²) in [7, 11) is 0. The number of rotatable bonds is 1. The Morgan fingerprint density at radius 2 is 2.35 bits per heavy atom. The third-order valence-electron chi connectivity index (χ3n) is 3.22. The molecule has 1 aliphatic heterocycles. The van der Waals surface area contributed by atoms with Gasteiger partial charge in [-0.3, -0.25) is 4.79 Å². The maximum atomic E-state index is 11.2. The van der Waals surface area contributed by atoms with Gasteiger partial charge in [0.2, 0.25) is 0 Å². The summed E-state index contributed by atoms with van der Waals surface area (Å²) >= 11 is 7.79. The smallest absolute Gasteiger partial charge is 0.160 e. The molecule has 1 aromatic carbocycles. The van der Waals surface area contributed by atoms with Crippen LogP contribution in [0.5, 0.6) is 0 Å². The molecule has 1 N–H and O–H groups in total. The summed E-state index contributed by atoms with van der Waals surface area (Å²) in [5.74, 6) is 0.509. The fourth-order valence-electron chi connectivity index (χ4n) is 2.41. The van der Waals surface area contributed by atoms with Crippen molar-refractivity contribution in [3.05, 3.63) is 27.6 Å². The van der Waals surface area contributed by atoms with Gasteiger partial charge in [0, 0.05) is 16.6 Å². The highest BCUT2D eigenvalue weighted by Gasteiger charge is 2.22. The molecule has 1 atom stereocenters. The van der Waals surface area contributed by atoms with Gasteiger partial charge in [0.15, 0.2) is 6.29 Å². The largest absolute Gasteiger partial charge is 0.383 e. The van der Waals surface area contributed by atoms with Gasteiger partial charge in [-0.25, -0.2) is 0 Å². The normalized spacial score (nSPS) is 18.8. The second kappa shape index (κ2) is 4.00. The Labute approximate surface area is 109 Å². The summed E-state index contributed by atoms with van der Waals surface area (Å²) < 4.78 is 1.14. The average Bonchev–Trinajstić information content (AvgIpc) is 2.56. The molecule has 2 nitrogen and oxygen atoms in total. The average molecular weight is 266 g/mol. The number of carbonyl (C=O) groups excluding carboxylic acids is 1. The van der Waals surface area contributed by atoms with Crippen molar-refractivity contribution in [2.24, 2.45) is 5.92 Å². The van der Waals surface area contributed by atoms with Gasteiger partial charge in [-0.1, -0.05) is 18.5 Å². The molecule has 0 aliphatic carbocycles. The third kappa shape index (κ3) is 1.65. The second-order valence-electron chi connectivity index (χ2n) is 4.55. The molecule has 4 heteroatoms. The third-order valence-corrected chi connectivity index (χ3v) is 4.66. The first kappa shape index (κ1) is 11.1. The van der Waals surface area contributed by atoms with E-state index in [9.17, 15) is 4.79 Å². The predicted octanol–water partition coefficient (Wildman–Crippen LogP) is 3.97. The van der Waals surface area contributed by atoms with Crippen molar-refractivity contribution in [2.45, 2.75) is 13.3 Å². The van der Waals surface area contributed by atoms with Crippen LogP contribution in [0.3, 0.4) is 0 Å². The van der Waals surface area contributed by atoms with E-state index in [0.717, 1.165) is 50.5 Å². The summed E-state index contributed by atoms with van der Waals surface area (Å²) in [5, 5.41) is 5.29. The number of halogens is 1. The summed E-state index contributed by atoms with van der Waals surface area (Å²) in [6, 6.07) is 3.90. The zero-order chi connectivity index (χ0) is 12.0. The van der Waals surface area contributed by atoms with E-state index in [4.69, 9.17) is 11.6 Å². The highest BCUT2D eigenvalue weighted by atomic mass is 35.5. The zero-order valence-corrected chi connectivity index (χ0v) is 11.0. The number of hydrogen-bond acceptors (Lipinski definition) is 3. The lowest BCUT2D eigenvalue weighted by Crippen LogP contribution is -2.11. The molecule has 0 fully saturated rings. The molecule has 3 rings (SSSR count). The fourth-order valence-corrected chi connectivity index (χ4v) is 3.69. The van der Waals surface area contributed by atoms with E-state index in [1.807, 2.05) is 12.1 Å². The minimum absolute atomic E-state index is 0.509. The lowest BCUT2D eigenvalue weighted by Gasteiger charge is -2.09. The SMILES string of the molecule is CC1CNc2c(Cl)ccc3sc(C=O)c(c23)C1. The minimum atomic E-state index is 0.509. The van der Waals surface area contributed by atoms with Gasteiger partial charge in [0.05, 0.1) is 15.6 Å². The highest BCUT2D eigenvalue weighted by Crippen LogP contribution is 2.42. The fraction of sp³-hybridized carbons (Fsp3) is 0.308. The van der Waals surface area contributed by atoms with Gasteiger partial charge in [-0.15, -0.1) is 11.3 Å². The molecule has 1 unspecified atom stereocenters. The maximum absolute atomic E-state index is 11.2. The second-order valence-corrected chi connectivity index (χ2v) is 6.04. The lowest BCUT2D eigenvalue weighted by molar-refractivity contribution is 0.112. The van der Waals surface area contributed by atoms with Gasteiger partial charge in [0.25, 0.3) is 0 Å². The molecule has 2 heterocycles. The van der Waals surface area contributed by atoms with E-state index in [-0.39, 0.29) is 0 Å². The number of carbonyl (C=O) groups is 1. The van der Waals surface area contributed by atoms with Crippen molar-refractivity contribution in [3.63, 3.8) is 0 Å². The Morgan fingerprint density at radius 1 is 1.53 bits per heavy atom. The molecule has 0 saturated carbocycles. The van der Waals surface area contributed by atoms with Crippen LogP contribution in [0.2, 0.25) is 5.02 Å².